The highest BCUT2D eigenvalue weighted by molar-refractivity contribution is 5.79. The molecule has 8 heteroatoms. The number of guanidine groups is 1. The van der Waals surface area contributed by atoms with Crippen LogP contribution in [-0.4, -0.2) is 62.6 Å². The van der Waals surface area contributed by atoms with E-state index in [1.165, 1.54) is 0 Å². The van der Waals surface area contributed by atoms with Crippen LogP contribution in [0.15, 0.2) is 29.5 Å². The normalized spacial score (nSPS) is 11.3. The van der Waals surface area contributed by atoms with Crippen molar-refractivity contribution in [1.82, 2.24) is 20.0 Å². The summed E-state index contributed by atoms with van der Waals surface area (Å²) in [4.78, 5) is 6.41. The van der Waals surface area contributed by atoms with Gasteiger partial charge in [-0.1, -0.05) is 0 Å². The number of hydrogen-bond donors (Lipinski definition) is 1. The van der Waals surface area contributed by atoms with E-state index in [2.05, 4.69) is 20.3 Å². The van der Waals surface area contributed by atoms with E-state index >= 15 is 0 Å². The fourth-order valence-corrected chi connectivity index (χ4v) is 2.91. The largest absolute Gasteiger partial charge is 0.496 e. The Hall–Kier alpha value is -2.90. The van der Waals surface area contributed by atoms with E-state index in [9.17, 15) is 0 Å². The highest BCUT2D eigenvalue weighted by Crippen LogP contribution is 2.34. The van der Waals surface area contributed by atoms with Crippen molar-refractivity contribution in [2.45, 2.75) is 13.0 Å². The van der Waals surface area contributed by atoms with Gasteiger partial charge < -0.3 is 24.4 Å². The van der Waals surface area contributed by atoms with Crippen molar-refractivity contribution in [3.63, 3.8) is 0 Å². The van der Waals surface area contributed by atoms with Crippen molar-refractivity contribution >= 4 is 5.96 Å². The molecular formula is C19H29N5O3. The van der Waals surface area contributed by atoms with Gasteiger partial charge in [0, 0.05) is 63.7 Å². The summed E-state index contributed by atoms with van der Waals surface area (Å²) in [6, 6.07) is 3.72. The summed E-state index contributed by atoms with van der Waals surface area (Å²) in [6.07, 6.45) is 4.57. The van der Waals surface area contributed by atoms with E-state index in [4.69, 9.17) is 14.2 Å². The van der Waals surface area contributed by atoms with E-state index in [1.807, 2.05) is 38.6 Å². The first kappa shape index (κ1) is 20.4. The van der Waals surface area contributed by atoms with Gasteiger partial charge in [-0.3, -0.25) is 9.67 Å². The van der Waals surface area contributed by atoms with E-state index in [0.717, 1.165) is 41.6 Å². The second-order valence-corrected chi connectivity index (χ2v) is 6.11. The lowest BCUT2D eigenvalue weighted by Gasteiger charge is -2.22. The molecule has 0 unspecified atom stereocenters. The predicted molar refractivity (Wildman–Crippen MR) is 106 cm³/mol. The molecule has 0 bridgehead atoms. The Labute approximate surface area is 160 Å². The zero-order valence-corrected chi connectivity index (χ0v) is 16.9. The summed E-state index contributed by atoms with van der Waals surface area (Å²) in [5.74, 6) is 3.00. The van der Waals surface area contributed by atoms with E-state index in [-0.39, 0.29) is 0 Å². The molecule has 0 aliphatic rings. The van der Waals surface area contributed by atoms with Crippen molar-refractivity contribution in [3.05, 3.63) is 35.7 Å². The van der Waals surface area contributed by atoms with Gasteiger partial charge in [0.15, 0.2) is 5.96 Å². The second-order valence-electron chi connectivity index (χ2n) is 6.11. The molecule has 1 aromatic heterocycles. The van der Waals surface area contributed by atoms with Crippen LogP contribution in [0.3, 0.4) is 0 Å². The Bertz CT molecular complexity index is 747. The number of aromatic nitrogens is 2. The van der Waals surface area contributed by atoms with Crippen LogP contribution in [0.25, 0.3) is 0 Å². The lowest BCUT2D eigenvalue weighted by Crippen LogP contribution is -2.39. The van der Waals surface area contributed by atoms with Crippen LogP contribution in [0, 0.1) is 0 Å². The van der Waals surface area contributed by atoms with Crippen LogP contribution in [-0.2, 0) is 20.0 Å². The maximum atomic E-state index is 5.51. The molecule has 0 saturated heterocycles. The second kappa shape index (κ2) is 9.70. The fourth-order valence-electron chi connectivity index (χ4n) is 2.91. The number of aliphatic imine (C=N–C) groups is 1. The molecule has 0 radical (unpaired) electrons. The number of benzene rings is 1. The molecule has 0 spiro atoms. The summed E-state index contributed by atoms with van der Waals surface area (Å²) >= 11 is 0. The number of methoxy groups -OCH3 is 3. The van der Waals surface area contributed by atoms with Crippen LogP contribution in [0.1, 0.15) is 11.1 Å². The van der Waals surface area contributed by atoms with Crippen LogP contribution in [0.2, 0.25) is 0 Å². The summed E-state index contributed by atoms with van der Waals surface area (Å²) in [6.45, 7) is 1.41. The predicted octanol–water partition coefficient (Wildman–Crippen LogP) is 1.70. The summed E-state index contributed by atoms with van der Waals surface area (Å²) in [5, 5.41) is 7.58. The molecule has 2 aromatic rings. The number of nitrogens with zero attached hydrogens (tertiary/aromatic N) is 4. The molecule has 1 heterocycles. The van der Waals surface area contributed by atoms with Gasteiger partial charge in [0.2, 0.25) is 0 Å². The van der Waals surface area contributed by atoms with Crippen LogP contribution in [0.4, 0.5) is 0 Å². The number of ether oxygens (including phenoxy) is 3. The molecule has 0 saturated carbocycles. The molecule has 8 nitrogen and oxygen atoms in total. The van der Waals surface area contributed by atoms with Crippen molar-refractivity contribution < 1.29 is 14.2 Å². The number of aryl methyl sites for hydroxylation is 1. The summed E-state index contributed by atoms with van der Waals surface area (Å²) < 4.78 is 18.1. The lowest BCUT2D eigenvalue weighted by atomic mass is 10.1. The van der Waals surface area contributed by atoms with Gasteiger partial charge in [-0.05, 0) is 6.42 Å². The van der Waals surface area contributed by atoms with Gasteiger partial charge in [-0.15, -0.1) is 0 Å². The Morgan fingerprint density at radius 3 is 2.33 bits per heavy atom. The Morgan fingerprint density at radius 1 is 1.19 bits per heavy atom. The molecule has 0 fully saturated rings. The number of nitrogens with one attached hydrogen (secondary N) is 1. The first-order valence-electron chi connectivity index (χ1n) is 8.70. The highest BCUT2D eigenvalue weighted by atomic mass is 16.5. The minimum atomic E-state index is 0.684. The lowest BCUT2D eigenvalue weighted by molar-refractivity contribution is 0.368. The summed E-state index contributed by atoms with van der Waals surface area (Å²) in [7, 11) is 10.6. The molecule has 0 atom stereocenters. The molecule has 148 valence electrons. The molecular weight excluding hydrogens is 346 g/mol. The van der Waals surface area contributed by atoms with Gasteiger partial charge in [0.1, 0.15) is 17.2 Å². The van der Waals surface area contributed by atoms with Gasteiger partial charge >= 0.3 is 0 Å². The molecule has 1 aromatic carbocycles. The van der Waals surface area contributed by atoms with Crippen molar-refractivity contribution in [2.24, 2.45) is 12.0 Å². The van der Waals surface area contributed by atoms with Crippen LogP contribution < -0.4 is 19.5 Å². The van der Waals surface area contributed by atoms with Crippen LogP contribution >= 0.6 is 0 Å². The average molecular weight is 375 g/mol. The highest BCUT2D eigenvalue weighted by Gasteiger charge is 2.14. The van der Waals surface area contributed by atoms with E-state index in [0.29, 0.717) is 12.3 Å². The SMILES string of the molecule is CN=C(NCCc1c(OC)cc(OC)cc1OC)N(C)Cc1cnn(C)c1. The minimum absolute atomic E-state index is 0.684. The third kappa shape index (κ3) is 5.29. The number of hydrogen-bond acceptors (Lipinski definition) is 5. The molecule has 27 heavy (non-hydrogen) atoms. The smallest absolute Gasteiger partial charge is 0.193 e. The standard InChI is InChI=1S/C19H29N5O3/c1-20-19(23(2)12-14-11-22-24(3)13-14)21-8-7-16-17(26-5)9-15(25-4)10-18(16)27-6/h9-11,13H,7-8,12H2,1-6H3,(H,20,21). The fraction of sp³-hybridized carbons (Fsp3) is 0.474. The zero-order chi connectivity index (χ0) is 19.8. The van der Waals surface area contributed by atoms with Crippen molar-refractivity contribution in [3.8, 4) is 17.2 Å². The molecule has 2 rings (SSSR count). The Balaban J connectivity index is 2.01. The molecule has 0 aliphatic heterocycles. The maximum Gasteiger partial charge on any atom is 0.193 e. The van der Waals surface area contributed by atoms with Gasteiger partial charge in [-0.2, -0.15) is 5.10 Å². The molecule has 0 amide bonds. The minimum Gasteiger partial charge on any atom is -0.496 e. The van der Waals surface area contributed by atoms with E-state index in [1.54, 1.807) is 33.1 Å². The Morgan fingerprint density at radius 2 is 1.85 bits per heavy atom. The van der Waals surface area contributed by atoms with Gasteiger partial charge in [-0.25, -0.2) is 0 Å². The Kier molecular flexibility index (Phi) is 7.34. The van der Waals surface area contributed by atoms with E-state index < -0.39 is 0 Å². The van der Waals surface area contributed by atoms with Gasteiger partial charge in [0.25, 0.3) is 0 Å². The third-order valence-electron chi connectivity index (χ3n) is 4.23. The first-order valence-corrected chi connectivity index (χ1v) is 8.70. The van der Waals surface area contributed by atoms with Gasteiger partial charge in [0.05, 0.1) is 27.5 Å². The monoisotopic (exact) mass is 375 g/mol. The van der Waals surface area contributed by atoms with Crippen molar-refractivity contribution in [1.29, 1.82) is 0 Å². The first-order chi connectivity index (χ1) is 13.0. The number of rotatable bonds is 8. The third-order valence-corrected chi connectivity index (χ3v) is 4.23. The topological polar surface area (TPSA) is 73.1 Å². The zero-order valence-electron chi connectivity index (χ0n) is 16.9. The summed E-state index contributed by atoms with van der Waals surface area (Å²) in [5.41, 5.74) is 2.11. The quantitative estimate of drug-likeness (QED) is 0.559. The molecule has 0 aliphatic carbocycles. The van der Waals surface area contributed by atoms with Crippen molar-refractivity contribution in [2.75, 3.05) is 42.0 Å². The maximum absolute atomic E-state index is 5.51. The van der Waals surface area contributed by atoms with Crippen LogP contribution in [0.5, 0.6) is 17.2 Å². The average Bonchev–Trinajstić information content (AvgIpc) is 3.09. The molecule has 1 N–H and O–H groups in total.